The van der Waals surface area contributed by atoms with E-state index in [0.717, 1.165) is 54.1 Å². The molecule has 0 bridgehead atoms. The maximum atomic E-state index is 12.7. The summed E-state index contributed by atoms with van der Waals surface area (Å²) in [5.74, 6) is 1.58. The fourth-order valence-electron chi connectivity index (χ4n) is 3.65. The molecule has 34 heavy (non-hydrogen) atoms. The first-order valence-electron chi connectivity index (χ1n) is 11.6. The predicted molar refractivity (Wildman–Crippen MR) is 137 cm³/mol. The first kappa shape index (κ1) is 24.2. The van der Waals surface area contributed by atoms with Crippen molar-refractivity contribution in [3.63, 3.8) is 0 Å². The Bertz CT molecular complexity index is 1110. The number of benzene rings is 2. The Morgan fingerprint density at radius 3 is 2.47 bits per heavy atom. The first-order valence-corrected chi connectivity index (χ1v) is 12.6. The summed E-state index contributed by atoms with van der Waals surface area (Å²) in [5, 5.41) is 3.76. The molecule has 3 aromatic rings. The molecule has 1 saturated heterocycles. The zero-order chi connectivity index (χ0) is 24.0. The van der Waals surface area contributed by atoms with Crippen LogP contribution in [0.25, 0.3) is 0 Å². The SMILES string of the molecule is CC(C)(C)c1cc(N2CCOCC2)nc(SCc2cccc(C(=O)NCc3ccccc3)c2)n1. The molecule has 1 N–H and O–H groups in total. The average Bonchev–Trinajstić information content (AvgIpc) is 2.86. The Hall–Kier alpha value is -2.90. The van der Waals surface area contributed by atoms with E-state index in [1.807, 2.05) is 54.6 Å². The van der Waals surface area contributed by atoms with Crippen LogP contribution in [-0.2, 0) is 22.4 Å². The van der Waals surface area contributed by atoms with Gasteiger partial charge in [0, 0.05) is 42.4 Å². The van der Waals surface area contributed by atoms with E-state index in [2.05, 4.69) is 37.1 Å². The number of aromatic nitrogens is 2. The number of carbonyl (C=O) groups is 1. The van der Waals surface area contributed by atoms with Crippen LogP contribution in [0.4, 0.5) is 5.82 Å². The Morgan fingerprint density at radius 2 is 1.74 bits per heavy atom. The van der Waals surface area contributed by atoms with E-state index in [9.17, 15) is 4.79 Å². The Balaban J connectivity index is 1.44. The Kier molecular flexibility index (Phi) is 7.85. The van der Waals surface area contributed by atoms with Crippen LogP contribution in [0.5, 0.6) is 0 Å². The second-order valence-electron chi connectivity index (χ2n) is 9.40. The van der Waals surface area contributed by atoms with Gasteiger partial charge in [0.25, 0.3) is 5.91 Å². The van der Waals surface area contributed by atoms with Crippen LogP contribution in [0.1, 0.15) is 48.0 Å². The van der Waals surface area contributed by atoms with Crippen LogP contribution in [0.15, 0.2) is 65.8 Å². The highest BCUT2D eigenvalue weighted by molar-refractivity contribution is 7.98. The van der Waals surface area contributed by atoms with Crippen LogP contribution >= 0.6 is 11.8 Å². The number of hydrogen-bond acceptors (Lipinski definition) is 6. The van der Waals surface area contributed by atoms with Gasteiger partial charge in [-0.2, -0.15) is 0 Å². The van der Waals surface area contributed by atoms with Gasteiger partial charge in [0.1, 0.15) is 5.82 Å². The fourth-order valence-corrected chi connectivity index (χ4v) is 4.44. The predicted octanol–water partition coefficient (Wildman–Crippen LogP) is 4.83. The third kappa shape index (κ3) is 6.58. The molecule has 0 unspecified atom stereocenters. The molecule has 1 fully saturated rings. The smallest absolute Gasteiger partial charge is 0.251 e. The maximum absolute atomic E-state index is 12.7. The van der Waals surface area contributed by atoms with Gasteiger partial charge in [-0.05, 0) is 23.3 Å². The van der Waals surface area contributed by atoms with Crippen molar-refractivity contribution in [1.29, 1.82) is 0 Å². The number of hydrogen-bond donors (Lipinski definition) is 1. The second kappa shape index (κ2) is 11.0. The Labute approximate surface area is 206 Å². The van der Waals surface area contributed by atoms with Gasteiger partial charge in [-0.15, -0.1) is 0 Å². The average molecular weight is 477 g/mol. The number of nitrogens with zero attached hydrogens (tertiary/aromatic N) is 3. The molecule has 0 atom stereocenters. The molecule has 7 heteroatoms. The number of morpholine rings is 1. The molecule has 1 aliphatic rings. The van der Waals surface area contributed by atoms with Crippen LogP contribution in [0.3, 0.4) is 0 Å². The number of thioether (sulfide) groups is 1. The lowest BCUT2D eigenvalue weighted by molar-refractivity contribution is 0.0951. The van der Waals surface area contributed by atoms with Gasteiger partial charge >= 0.3 is 0 Å². The quantitative estimate of drug-likeness (QED) is 0.389. The minimum Gasteiger partial charge on any atom is -0.378 e. The Morgan fingerprint density at radius 1 is 1.00 bits per heavy atom. The highest BCUT2D eigenvalue weighted by Gasteiger charge is 2.21. The van der Waals surface area contributed by atoms with Crippen LogP contribution in [-0.4, -0.2) is 42.2 Å². The first-order chi connectivity index (χ1) is 16.4. The van der Waals surface area contributed by atoms with E-state index in [1.54, 1.807) is 11.8 Å². The van der Waals surface area contributed by atoms with E-state index in [-0.39, 0.29) is 11.3 Å². The topological polar surface area (TPSA) is 67.3 Å². The summed E-state index contributed by atoms with van der Waals surface area (Å²) in [6.07, 6.45) is 0. The van der Waals surface area contributed by atoms with Gasteiger partial charge in [-0.25, -0.2) is 9.97 Å². The van der Waals surface area contributed by atoms with Crippen molar-refractivity contribution < 1.29 is 9.53 Å². The highest BCUT2D eigenvalue weighted by Crippen LogP contribution is 2.29. The molecule has 178 valence electrons. The van der Waals surface area contributed by atoms with E-state index < -0.39 is 0 Å². The van der Waals surface area contributed by atoms with Crippen molar-refractivity contribution in [3.8, 4) is 0 Å². The molecule has 2 heterocycles. The molecule has 0 spiro atoms. The lowest BCUT2D eigenvalue weighted by Crippen LogP contribution is -2.37. The van der Waals surface area contributed by atoms with E-state index in [1.165, 1.54) is 0 Å². The molecule has 1 aromatic heterocycles. The van der Waals surface area contributed by atoms with Crippen molar-refractivity contribution >= 4 is 23.5 Å². The van der Waals surface area contributed by atoms with Gasteiger partial charge in [0.05, 0.1) is 18.9 Å². The third-order valence-corrected chi connectivity index (χ3v) is 6.57. The number of nitrogens with one attached hydrogen (secondary N) is 1. The molecule has 1 aliphatic heterocycles. The zero-order valence-corrected chi connectivity index (χ0v) is 20.9. The van der Waals surface area contributed by atoms with E-state index in [0.29, 0.717) is 17.9 Å². The summed E-state index contributed by atoms with van der Waals surface area (Å²) in [4.78, 5) is 24.6. The summed E-state index contributed by atoms with van der Waals surface area (Å²) in [5.41, 5.74) is 3.76. The van der Waals surface area contributed by atoms with Gasteiger partial charge < -0.3 is 15.0 Å². The molecule has 0 saturated carbocycles. The molecule has 6 nitrogen and oxygen atoms in total. The van der Waals surface area contributed by atoms with Crippen molar-refractivity contribution in [2.24, 2.45) is 0 Å². The summed E-state index contributed by atoms with van der Waals surface area (Å²) in [6.45, 7) is 10.1. The van der Waals surface area contributed by atoms with Crippen LogP contribution < -0.4 is 10.2 Å². The van der Waals surface area contributed by atoms with Crippen LogP contribution in [0, 0.1) is 0 Å². The lowest BCUT2D eigenvalue weighted by atomic mass is 9.92. The van der Waals surface area contributed by atoms with Crippen molar-refractivity contribution in [2.75, 3.05) is 31.2 Å². The number of carbonyl (C=O) groups excluding carboxylic acids is 1. The van der Waals surface area contributed by atoms with Crippen molar-refractivity contribution in [3.05, 3.63) is 83.0 Å². The highest BCUT2D eigenvalue weighted by atomic mass is 32.2. The number of anilines is 1. The number of amides is 1. The molecule has 0 radical (unpaired) electrons. The summed E-state index contributed by atoms with van der Waals surface area (Å²) < 4.78 is 5.50. The van der Waals surface area contributed by atoms with Gasteiger partial charge in [-0.1, -0.05) is 75.0 Å². The van der Waals surface area contributed by atoms with E-state index in [4.69, 9.17) is 14.7 Å². The molecular formula is C27H32N4O2S. The minimum absolute atomic E-state index is 0.0729. The van der Waals surface area contributed by atoms with Crippen molar-refractivity contribution in [2.45, 2.75) is 43.6 Å². The largest absolute Gasteiger partial charge is 0.378 e. The van der Waals surface area contributed by atoms with Gasteiger partial charge in [0.15, 0.2) is 5.16 Å². The van der Waals surface area contributed by atoms with E-state index >= 15 is 0 Å². The number of rotatable bonds is 7. The van der Waals surface area contributed by atoms with Crippen LogP contribution in [0.2, 0.25) is 0 Å². The molecule has 1 amide bonds. The molecular weight excluding hydrogens is 444 g/mol. The summed E-state index contributed by atoms with van der Waals surface area (Å²) >= 11 is 1.60. The summed E-state index contributed by atoms with van der Waals surface area (Å²) in [7, 11) is 0. The zero-order valence-electron chi connectivity index (χ0n) is 20.1. The third-order valence-electron chi connectivity index (χ3n) is 5.65. The number of ether oxygens (including phenoxy) is 1. The van der Waals surface area contributed by atoms with Gasteiger partial charge in [0.2, 0.25) is 0 Å². The monoisotopic (exact) mass is 476 g/mol. The second-order valence-corrected chi connectivity index (χ2v) is 10.3. The minimum atomic E-state index is -0.0734. The molecule has 2 aromatic carbocycles. The molecule has 0 aliphatic carbocycles. The lowest BCUT2D eigenvalue weighted by Gasteiger charge is -2.29. The fraction of sp³-hybridized carbons (Fsp3) is 0.370. The van der Waals surface area contributed by atoms with Gasteiger partial charge in [-0.3, -0.25) is 4.79 Å². The molecule has 4 rings (SSSR count). The normalized spacial score (nSPS) is 14.1. The standard InChI is InChI=1S/C27H32N4O2S/c1-27(2,3)23-17-24(31-12-14-33-15-13-31)30-26(29-23)34-19-21-10-7-11-22(16-21)25(32)28-18-20-8-5-4-6-9-20/h4-11,16-17H,12-15,18-19H2,1-3H3,(H,28,32). The summed E-state index contributed by atoms with van der Waals surface area (Å²) in [6, 6.07) is 19.8. The maximum Gasteiger partial charge on any atom is 0.251 e. The van der Waals surface area contributed by atoms with Crippen molar-refractivity contribution in [1.82, 2.24) is 15.3 Å².